The van der Waals surface area contributed by atoms with Gasteiger partial charge < -0.3 is 5.11 Å². The number of nitrogens with one attached hydrogen (secondary N) is 1. The molecule has 0 radical (unpaired) electrons. The van der Waals surface area contributed by atoms with E-state index >= 15 is 0 Å². The molecule has 1 fully saturated rings. The SMILES string of the molecule is CN1c2cc(-c3ccc(C(C)(C)O)cc3)cc(CC3CC3)c2NS1(=O)=O. The van der Waals surface area contributed by atoms with Gasteiger partial charge in [0.1, 0.15) is 0 Å². The van der Waals surface area contributed by atoms with Crippen LogP contribution in [-0.2, 0) is 22.2 Å². The molecule has 1 aliphatic carbocycles. The molecule has 26 heavy (non-hydrogen) atoms. The number of rotatable bonds is 4. The Hall–Kier alpha value is -2.05. The minimum Gasteiger partial charge on any atom is -0.386 e. The van der Waals surface area contributed by atoms with Crippen molar-refractivity contribution in [2.45, 2.75) is 38.7 Å². The molecule has 0 bridgehead atoms. The highest BCUT2D eigenvalue weighted by Gasteiger charge is 2.33. The quantitative estimate of drug-likeness (QED) is 0.861. The molecule has 5 nitrogen and oxygen atoms in total. The molecule has 1 saturated carbocycles. The summed E-state index contributed by atoms with van der Waals surface area (Å²) in [6.45, 7) is 3.52. The first-order valence-electron chi connectivity index (χ1n) is 8.92. The summed E-state index contributed by atoms with van der Waals surface area (Å²) in [5.41, 5.74) is 4.44. The van der Waals surface area contributed by atoms with E-state index in [2.05, 4.69) is 10.8 Å². The molecule has 1 aliphatic heterocycles. The molecule has 0 atom stereocenters. The van der Waals surface area contributed by atoms with Gasteiger partial charge in [-0.3, -0.25) is 9.03 Å². The van der Waals surface area contributed by atoms with Crippen LogP contribution in [0.3, 0.4) is 0 Å². The molecule has 6 heteroatoms. The van der Waals surface area contributed by atoms with Crippen LogP contribution < -0.4 is 9.03 Å². The van der Waals surface area contributed by atoms with Gasteiger partial charge in [-0.2, -0.15) is 8.42 Å². The van der Waals surface area contributed by atoms with Crippen molar-refractivity contribution in [3.8, 4) is 11.1 Å². The van der Waals surface area contributed by atoms with E-state index < -0.39 is 15.8 Å². The van der Waals surface area contributed by atoms with Crippen molar-refractivity contribution in [2.24, 2.45) is 5.92 Å². The molecule has 2 N–H and O–H groups in total. The zero-order valence-electron chi connectivity index (χ0n) is 15.3. The maximum atomic E-state index is 12.3. The second-order valence-corrected chi connectivity index (χ2v) is 9.59. The lowest BCUT2D eigenvalue weighted by Crippen LogP contribution is -2.25. The molecule has 0 amide bonds. The van der Waals surface area contributed by atoms with Gasteiger partial charge in [0.05, 0.1) is 17.0 Å². The fourth-order valence-corrected chi connectivity index (χ4v) is 4.44. The molecule has 138 valence electrons. The average Bonchev–Trinajstić information content (AvgIpc) is 3.35. The van der Waals surface area contributed by atoms with Crippen LogP contribution in [0, 0.1) is 5.92 Å². The van der Waals surface area contributed by atoms with Crippen LogP contribution in [0.2, 0.25) is 0 Å². The Bertz CT molecular complexity index is 956. The molecule has 0 aromatic heterocycles. The summed E-state index contributed by atoms with van der Waals surface area (Å²) in [6, 6.07) is 11.8. The van der Waals surface area contributed by atoms with Crippen LogP contribution in [0.5, 0.6) is 0 Å². The highest BCUT2D eigenvalue weighted by Crippen LogP contribution is 2.44. The zero-order valence-corrected chi connectivity index (χ0v) is 16.1. The number of nitrogens with zero attached hydrogens (tertiary/aromatic N) is 1. The number of hydrogen-bond donors (Lipinski definition) is 2. The summed E-state index contributed by atoms with van der Waals surface area (Å²) < 4.78 is 28.5. The molecule has 2 aliphatic rings. The molecule has 2 aromatic carbocycles. The Morgan fingerprint density at radius 2 is 1.81 bits per heavy atom. The topological polar surface area (TPSA) is 69.6 Å². The number of fused-ring (bicyclic) bond motifs is 1. The van der Waals surface area contributed by atoms with Gasteiger partial charge >= 0.3 is 10.2 Å². The van der Waals surface area contributed by atoms with Gasteiger partial charge in [0.25, 0.3) is 0 Å². The largest absolute Gasteiger partial charge is 0.386 e. The van der Waals surface area contributed by atoms with Crippen molar-refractivity contribution in [2.75, 3.05) is 16.1 Å². The maximum Gasteiger partial charge on any atom is 0.323 e. The standard InChI is InChI=1S/C20H24N2O3S/c1-20(2,23)17-8-6-14(7-9-17)15-11-16(10-13-4-5-13)19-18(12-15)22(3)26(24,25)21-19/h6-9,11-13,21,23H,4-5,10H2,1-3H3. The maximum absolute atomic E-state index is 12.3. The Balaban J connectivity index is 1.79. The minimum absolute atomic E-state index is 0.655. The predicted octanol–water partition coefficient (Wildman–Crippen LogP) is 3.64. The highest BCUT2D eigenvalue weighted by atomic mass is 32.2. The lowest BCUT2D eigenvalue weighted by atomic mass is 9.93. The van der Waals surface area contributed by atoms with Crippen molar-refractivity contribution < 1.29 is 13.5 Å². The van der Waals surface area contributed by atoms with Crippen molar-refractivity contribution in [1.82, 2.24) is 0 Å². The third-order valence-corrected chi connectivity index (χ3v) is 6.64. The number of anilines is 2. The molecular formula is C20H24N2O3S. The van der Waals surface area contributed by atoms with E-state index in [1.165, 1.54) is 17.1 Å². The van der Waals surface area contributed by atoms with Gasteiger partial charge in [-0.1, -0.05) is 24.3 Å². The van der Waals surface area contributed by atoms with E-state index in [-0.39, 0.29) is 0 Å². The first kappa shape index (κ1) is 17.4. The number of aliphatic hydroxyl groups is 1. The molecule has 1 heterocycles. The fraction of sp³-hybridized carbons (Fsp3) is 0.400. The van der Waals surface area contributed by atoms with E-state index in [1.807, 2.05) is 30.3 Å². The van der Waals surface area contributed by atoms with Crippen LogP contribution in [0.25, 0.3) is 11.1 Å². The van der Waals surface area contributed by atoms with Crippen LogP contribution in [-0.4, -0.2) is 20.6 Å². The van der Waals surface area contributed by atoms with Gasteiger partial charge in [0.15, 0.2) is 0 Å². The smallest absolute Gasteiger partial charge is 0.323 e. The molecule has 0 saturated heterocycles. The van der Waals surface area contributed by atoms with Crippen LogP contribution in [0.1, 0.15) is 37.8 Å². The van der Waals surface area contributed by atoms with Gasteiger partial charge in [-0.25, -0.2) is 0 Å². The summed E-state index contributed by atoms with van der Waals surface area (Å²) in [5.74, 6) is 0.655. The Morgan fingerprint density at radius 1 is 1.15 bits per heavy atom. The van der Waals surface area contributed by atoms with E-state index in [9.17, 15) is 13.5 Å². The van der Waals surface area contributed by atoms with E-state index in [4.69, 9.17) is 0 Å². The van der Waals surface area contributed by atoms with E-state index in [0.717, 1.165) is 34.4 Å². The van der Waals surface area contributed by atoms with Gasteiger partial charge in [-0.15, -0.1) is 0 Å². The highest BCUT2D eigenvalue weighted by molar-refractivity contribution is 7.94. The summed E-state index contributed by atoms with van der Waals surface area (Å²) in [7, 11) is -1.92. The Labute approximate surface area is 154 Å². The van der Waals surface area contributed by atoms with Crippen molar-refractivity contribution >= 4 is 21.6 Å². The average molecular weight is 372 g/mol. The third-order valence-electron chi connectivity index (χ3n) is 5.26. The first-order chi connectivity index (χ1) is 12.1. The van der Waals surface area contributed by atoms with Crippen molar-refractivity contribution in [3.63, 3.8) is 0 Å². The number of hydrogen-bond acceptors (Lipinski definition) is 3. The second-order valence-electron chi connectivity index (χ2n) is 7.89. The molecule has 0 spiro atoms. The Kier molecular flexibility index (Phi) is 3.82. The van der Waals surface area contributed by atoms with Gasteiger partial charge in [0, 0.05) is 7.05 Å². The van der Waals surface area contributed by atoms with E-state index in [0.29, 0.717) is 11.6 Å². The van der Waals surface area contributed by atoms with Crippen LogP contribution >= 0.6 is 0 Å². The van der Waals surface area contributed by atoms with Crippen LogP contribution in [0.4, 0.5) is 11.4 Å². The second kappa shape index (κ2) is 5.72. The Morgan fingerprint density at radius 3 is 2.38 bits per heavy atom. The third kappa shape index (κ3) is 3.08. The van der Waals surface area contributed by atoms with Gasteiger partial charge in [0.2, 0.25) is 0 Å². The molecule has 2 aromatic rings. The summed E-state index contributed by atoms with van der Waals surface area (Å²) in [5, 5.41) is 10.1. The number of benzene rings is 2. The van der Waals surface area contributed by atoms with Crippen molar-refractivity contribution in [3.05, 3.63) is 47.5 Å². The monoisotopic (exact) mass is 372 g/mol. The lowest BCUT2D eigenvalue weighted by Gasteiger charge is -2.18. The molecular weight excluding hydrogens is 348 g/mol. The summed E-state index contributed by atoms with van der Waals surface area (Å²) in [4.78, 5) is 0. The molecule has 0 unspecified atom stereocenters. The van der Waals surface area contributed by atoms with Crippen LogP contribution in [0.15, 0.2) is 36.4 Å². The first-order valence-corrected chi connectivity index (χ1v) is 10.4. The predicted molar refractivity (Wildman–Crippen MR) is 104 cm³/mol. The lowest BCUT2D eigenvalue weighted by molar-refractivity contribution is 0.0786. The summed E-state index contributed by atoms with van der Waals surface area (Å²) in [6.07, 6.45) is 3.32. The van der Waals surface area contributed by atoms with Crippen molar-refractivity contribution in [1.29, 1.82) is 0 Å². The zero-order chi connectivity index (χ0) is 18.7. The normalized spacial score (nSPS) is 18.5. The minimum atomic E-state index is -3.50. The summed E-state index contributed by atoms with van der Waals surface area (Å²) >= 11 is 0. The van der Waals surface area contributed by atoms with Gasteiger partial charge in [-0.05, 0) is 73.4 Å². The molecule has 4 rings (SSSR count). The fourth-order valence-electron chi connectivity index (χ4n) is 3.41. The van der Waals surface area contributed by atoms with E-state index in [1.54, 1.807) is 20.9 Å².